The number of hydrogen-bond donors (Lipinski definition) is 2. The number of amides is 1. The van der Waals surface area contributed by atoms with Crippen LogP contribution in [0.4, 0.5) is 4.39 Å². The average Bonchev–Trinajstić information content (AvgIpc) is 2.45. The van der Waals surface area contributed by atoms with E-state index in [1.165, 1.54) is 6.07 Å². The van der Waals surface area contributed by atoms with E-state index in [4.69, 9.17) is 5.73 Å². The molecule has 112 valence electrons. The molecular weight excluding hydrogens is 255 g/mol. The number of nitrogens with two attached hydrogens (primary N) is 1. The number of hydrogen-bond acceptors (Lipinski definition) is 2. The van der Waals surface area contributed by atoms with Gasteiger partial charge in [-0.3, -0.25) is 4.79 Å². The minimum Gasteiger partial charge on any atom is -0.351 e. The molecule has 1 aromatic carbocycles. The van der Waals surface area contributed by atoms with E-state index in [9.17, 15) is 9.18 Å². The molecule has 1 rings (SSSR count). The van der Waals surface area contributed by atoms with Crippen LogP contribution in [0.3, 0.4) is 0 Å². The topological polar surface area (TPSA) is 55.1 Å². The van der Waals surface area contributed by atoms with Crippen molar-refractivity contribution < 1.29 is 9.18 Å². The molecule has 0 saturated carbocycles. The van der Waals surface area contributed by atoms with Gasteiger partial charge in [-0.05, 0) is 18.9 Å². The van der Waals surface area contributed by atoms with Crippen LogP contribution in [0, 0.1) is 11.2 Å². The van der Waals surface area contributed by atoms with Crippen molar-refractivity contribution in [2.75, 3.05) is 6.54 Å². The predicted molar refractivity (Wildman–Crippen MR) is 79.6 cm³/mol. The van der Waals surface area contributed by atoms with Crippen molar-refractivity contribution >= 4 is 5.91 Å². The zero-order chi connectivity index (χ0) is 15.0. The van der Waals surface area contributed by atoms with E-state index in [1.807, 2.05) is 13.8 Å². The minimum atomic E-state index is -0.519. The Balaban J connectivity index is 2.74. The van der Waals surface area contributed by atoms with Crippen molar-refractivity contribution in [1.82, 2.24) is 5.32 Å². The van der Waals surface area contributed by atoms with Crippen molar-refractivity contribution in [2.45, 2.75) is 46.1 Å². The largest absolute Gasteiger partial charge is 0.351 e. The first-order valence-corrected chi connectivity index (χ1v) is 7.31. The van der Waals surface area contributed by atoms with Crippen molar-refractivity contribution in [3.05, 3.63) is 35.6 Å². The van der Waals surface area contributed by atoms with E-state index in [2.05, 4.69) is 5.32 Å². The molecule has 0 saturated heterocycles. The molecule has 0 aromatic heterocycles. The van der Waals surface area contributed by atoms with Crippen LogP contribution < -0.4 is 11.1 Å². The van der Waals surface area contributed by atoms with Gasteiger partial charge in [0.15, 0.2) is 0 Å². The van der Waals surface area contributed by atoms with Gasteiger partial charge in [0.1, 0.15) is 5.82 Å². The highest BCUT2D eigenvalue weighted by molar-refractivity contribution is 5.82. The third-order valence-corrected chi connectivity index (χ3v) is 3.73. The average molecular weight is 280 g/mol. The smallest absolute Gasteiger partial charge is 0.227 e. The first kappa shape index (κ1) is 16.6. The second kappa shape index (κ2) is 8.00. The van der Waals surface area contributed by atoms with Crippen LogP contribution in [0.25, 0.3) is 0 Å². The monoisotopic (exact) mass is 280 g/mol. The van der Waals surface area contributed by atoms with Gasteiger partial charge in [-0.25, -0.2) is 4.39 Å². The normalized spacial score (nSPS) is 11.4. The van der Waals surface area contributed by atoms with Crippen molar-refractivity contribution in [3.63, 3.8) is 0 Å². The maximum atomic E-state index is 13.5. The first-order valence-electron chi connectivity index (χ1n) is 7.31. The number of carbonyl (C=O) groups excluding carboxylic acids is 1. The molecule has 0 heterocycles. The van der Waals surface area contributed by atoms with Crippen molar-refractivity contribution in [2.24, 2.45) is 11.1 Å². The fraction of sp³-hybridized carbons (Fsp3) is 0.562. The van der Waals surface area contributed by atoms with Gasteiger partial charge < -0.3 is 11.1 Å². The van der Waals surface area contributed by atoms with E-state index in [-0.39, 0.29) is 18.3 Å². The van der Waals surface area contributed by atoms with Crippen LogP contribution in [0.5, 0.6) is 0 Å². The summed E-state index contributed by atoms with van der Waals surface area (Å²) in [5.41, 5.74) is 5.83. The zero-order valence-corrected chi connectivity index (χ0v) is 12.4. The molecule has 0 aliphatic heterocycles. The SMILES string of the molecule is CCCC(CN)(CCC)C(=O)NCc1ccccc1F. The Morgan fingerprint density at radius 3 is 2.35 bits per heavy atom. The lowest BCUT2D eigenvalue weighted by atomic mass is 9.78. The molecule has 20 heavy (non-hydrogen) atoms. The number of benzene rings is 1. The zero-order valence-electron chi connectivity index (χ0n) is 12.4. The molecule has 3 N–H and O–H groups in total. The molecule has 0 atom stereocenters. The summed E-state index contributed by atoms with van der Waals surface area (Å²) in [6.45, 7) is 4.63. The summed E-state index contributed by atoms with van der Waals surface area (Å²) in [7, 11) is 0. The Morgan fingerprint density at radius 2 is 1.85 bits per heavy atom. The standard InChI is InChI=1S/C16H25FN2O/c1-3-9-16(12-18,10-4-2)15(20)19-11-13-7-5-6-8-14(13)17/h5-8H,3-4,9-12,18H2,1-2H3,(H,19,20). The molecule has 3 nitrogen and oxygen atoms in total. The van der Waals surface area contributed by atoms with Gasteiger partial charge >= 0.3 is 0 Å². The van der Waals surface area contributed by atoms with E-state index in [0.29, 0.717) is 12.1 Å². The Kier molecular flexibility index (Phi) is 6.65. The molecule has 0 aliphatic carbocycles. The van der Waals surface area contributed by atoms with Crippen molar-refractivity contribution in [1.29, 1.82) is 0 Å². The molecular formula is C16H25FN2O. The van der Waals surface area contributed by atoms with Gasteiger partial charge in [0.25, 0.3) is 0 Å². The number of nitrogens with one attached hydrogen (secondary N) is 1. The summed E-state index contributed by atoms with van der Waals surface area (Å²) in [4.78, 5) is 12.4. The van der Waals surface area contributed by atoms with E-state index < -0.39 is 5.41 Å². The summed E-state index contributed by atoms with van der Waals surface area (Å²) >= 11 is 0. The van der Waals surface area contributed by atoms with E-state index >= 15 is 0 Å². The number of halogens is 1. The summed E-state index contributed by atoms with van der Waals surface area (Å²) in [5.74, 6) is -0.357. The molecule has 0 spiro atoms. The highest BCUT2D eigenvalue weighted by atomic mass is 19.1. The highest BCUT2D eigenvalue weighted by Gasteiger charge is 2.34. The summed E-state index contributed by atoms with van der Waals surface area (Å²) in [6.07, 6.45) is 3.34. The van der Waals surface area contributed by atoms with Gasteiger partial charge in [0.05, 0.1) is 5.41 Å². The van der Waals surface area contributed by atoms with E-state index in [1.54, 1.807) is 18.2 Å². The van der Waals surface area contributed by atoms with Crippen LogP contribution >= 0.6 is 0 Å². The summed E-state index contributed by atoms with van der Waals surface area (Å²) < 4.78 is 13.5. The quantitative estimate of drug-likeness (QED) is 0.769. The van der Waals surface area contributed by atoms with Crippen molar-refractivity contribution in [3.8, 4) is 0 Å². The second-order valence-corrected chi connectivity index (χ2v) is 5.26. The fourth-order valence-electron chi connectivity index (χ4n) is 2.61. The van der Waals surface area contributed by atoms with Crippen LogP contribution in [0.15, 0.2) is 24.3 Å². The predicted octanol–water partition coefficient (Wildman–Crippen LogP) is 2.99. The van der Waals surface area contributed by atoms with Gasteiger partial charge in [-0.1, -0.05) is 44.9 Å². The lowest BCUT2D eigenvalue weighted by Gasteiger charge is -2.30. The van der Waals surface area contributed by atoms with Crippen LogP contribution in [0.1, 0.15) is 45.1 Å². The Hall–Kier alpha value is -1.42. The summed E-state index contributed by atoms with van der Waals surface area (Å²) in [5, 5.41) is 2.84. The Labute approximate surface area is 120 Å². The van der Waals surface area contributed by atoms with Crippen LogP contribution in [0.2, 0.25) is 0 Å². The number of carbonyl (C=O) groups is 1. The second-order valence-electron chi connectivity index (χ2n) is 5.26. The molecule has 1 amide bonds. The first-order chi connectivity index (χ1) is 9.59. The fourth-order valence-corrected chi connectivity index (χ4v) is 2.61. The highest BCUT2D eigenvalue weighted by Crippen LogP contribution is 2.29. The molecule has 0 aliphatic rings. The van der Waals surface area contributed by atoms with Crippen LogP contribution in [-0.4, -0.2) is 12.5 Å². The van der Waals surface area contributed by atoms with Crippen LogP contribution in [-0.2, 0) is 11.3 Å². The molecule has 1 aromatic rings. The van der Waals surface area contributed by atoms with E-state index in [0.717, 1.165) is 25.7 Å². The van der Waals surface area contributed by atoms with Gasteiger partial charge in [-0.2, -0.15) is 0 Å². The maximum absolute atomic E-state index is 13.5. The maximum Gasteiger partial charge on any atom is 0.227 e. The molecule has 0 unspecified atom stereocenters. The number of rotatable bonds is 8. The summed E-state index contributed by atoms with van der Waals surface area (Å²) in [6, 6.07) is 6.48. The third-order valence-electron chi connectivity index (χ3n) is 3.73. The van der Waals surface area contributed by atoms with Gasteiger partial charge in [0.2, 0.25) is 5.91 Å². The van der Waals surface area contributed by atoms with Gasteiger partial charge in [0, 0.05) is 18.7 Å². The molecule has 4 heteroatoms. The van der Waals surface area contributed by atoms with Gasteiger partial charge in [-0.15, -0.1) is 0 Å². The third kappa shape index (κ3) is 4.04. The lowest BCUT2D eigenvalue weighted by molar-refractivity contribution is -0.131. The Bertz CT molecular complexity index is 428. The molecule has 0 fully saturated rings. The Morgan fingerprint density at radius 1 is 1.25 bits per heavy atom. The molecule has 0 bridgehead atoms. The lowest BCUT2D eigenvalue weighted by Crippen LogP contribution is -2.45. The minimum absolute atomic E-state index is 0.0630. The molecule has 0 radical (unpaired) electrons.